The Morgan fingerprint density at radius 1 is 0.970 bits per heavy atom. The van der Waals surface area contributed by atoms with Crippen LogP contribution in [0.2, 0.25) is 0 Å². The number of nitrogens with one attached hydrogen (secondary N) is 1. The van der Waals surface area contributed by atoms with Gasteiger partial charge in [0.25, 0.3) is 0 Å². The van der Waals surface area contributed by atoms with Gasteiger partial charge in [-0.2, -0.15) is 0 Å². The van der Waals surface area contributed by atoms with Gasteiger partial charge in [0, 0.05) is 50.5 Å². The van der Waals surface area contributed by atoms with Crippen LogP contribution in [0, 0.1) is 5.82 Å². The minimum atomic E-state index is -0.313. The third kappa shape index (κ3) is 4.47. The Hall–Kier alpha value is -3.65. The standard InChI is InChI=1S/C25H27FN6O/c1-30-10-12-31(13-11-30)21-7-4-18-15-32(16-19(18)14-21)25(33)29-24-22(27)8-9-23(28-24)17-2-5-20(26)6-3-17/h2-9,14H,10-13,15-16,27H2,1H3,(H,28,29,33). The van der Waals surface area contributed by atoms with Gasteiger partial charge in [0.05, 0.1) is 11.4 Å². The molecule has 2 aliphatic heterocycles. The van der Waals surface area contributed by atoms with Crippen LogP contribution in [0.1, 0.15) is 11.1 Å². The highest BCUT2D eigenvalue weighted by Crippen LogP contribution is 2.29. The summed E-state index contributed by atoms with van der Waals surface area (Å²) in [6, 6.07) is 15.7. The lowest BCUT2D eigenvalue weighted by Gasteiger charge is -2.34. The molecule has 1 fully saturated rings. The van der Waals surface area contributed by atoms with Crippen molar-refractivity contribution in [3.05, 3.63) is 71.5 Å². The van der Waals surface area contributed by atoms with Crippen LogP contribution in [0.5, 0.6) is 0 Å². The fourth-order valence-electron chi connectivity index (χ4n) is 4.32. The number of rotatable bonds is 3. The fraction of sp³-hybridized carbons (Fsp3) is 0.280. The zero-order chi connectivity index (χ0) is 22.9. The molecule has 0 radical (unpaired) electrons. The highest BCUT2D eigenvalue weighted by atomic mass is 19.1. The number of nitrogens with two attached hydrogens (primary N) is 1. The van der Waals surface area contributed by atoms with Crippen molar-refractivity contribution < 1.29 is 9.18 Å². The van der Waals surface area contributed by atoms with Gasteiger partial charge in [0.2, 0.25) is 0 Å². The molecule has 33 heavy (non-hydrogen) atoms. The molecule has 8 heteroatoms. The van der Waals surface area contributed by atoms with E-state index in [9.17, 15) is 9.18 Å². The Morgan fingerprint density at radius 2 is 1.70 bits per heavy atom. The van der Waals surface area contributed by atoms with E-state index in [1.165, 1.54) is 23.4 Å². The van der Waals surface area contributed by atoms with E-state index in [1.807, 2.05) is 0 Å². The molecule has 170 valence electrons. The van der Waals surface area contributed by atoms with Gasteiger partial charge in [-0.05, 0) is 66.7 Å². The molecule has 3 N–H and O–H groups in total. The second-order valence-corrected chi connectivity index (χ2v) is 8.67. The maximum Gasteiger partial charge on any atom is 0.323 e. The van der Waals surface area contributed by atoms with E-state index < -0.39 is 0 Å². The summed E-state index contributed by atoms with van der Waals surface area (Å²) in [5, 5.41) is 2.85. The molecule has 7 nitrogen and oxygen atoms in total. The molecular formula is C25H27FN6O. The van der Waals surface area contributed by atoms with E-state index in [4.69, 9.17) is 5.73 Å². The van der Waals surface area contributed by atoms with Crippen molar-refractivity contribution >= 4 is 23.2 Å². The van der Waals surface area contributed by atoms with Gasteiger partial charge in [-0.25, -0.2) is 14.2 Å². The van der Waals surface area contributed by atoms with Crippen LogP contribution in [0.15, 0.2) is 54.6 Å². The number of urea groups is 1. The molecule has 3 heterocycles. The Balaban J connectivity index is 1.28. The van der Waals surface area contributed by atoms with Gasteiger partial charge < -0.3 is 20.4 Å². The minimum absolute atomic E-state index is 0.247. The predicted molar refractivity (Wildman–Crippen MR) is 128 cm³/mol. The molecular weight excluding hydrogens is 419 g/mol. The van der Waals surface area contributed by atoms with Crippen molar-refractivity contribution in [3.8, 4) is 11.3 Å². The number of fused-ring (bicyclic) bond motifs is 1. The molecule has 5 rings (SSSR count). The smallest absolute Gasteiger partial charge is 0.323 e. The summed E-state index contributed by atoms with van der Waals surface area (Å²) in [6.07, 6.45) is 0. The summed E-state index contributed by atoms with van der Waals surface area (Å²) in [5.74, 6) is -0.0111. The quantitative estimate of drug-likeness (QED) is 0.641. The van der Waals surface area contributed by atoms with Crippen molar-refractivity contribution in [1.29, 1.82) is 0 Å². The summed E-state index contributed by atoms with van der Waals surface area (Å²) < 4.78 is 13.2. The number of hydrogen-bond donors (Lipinski definition) is 2. The highest BCUT2D eigenvalue weighted by Gasteiger charge is 2.25. The van der Waals surface area contributed by atoms with Crippen molar-refractivity contribution in [1.82, 2.24) is 14.8 Å². The fourth-order valence-corrected chi connectivity index (χ4v) is 4.32. The monoisotopic (exact) mass is 446 g/mol. The van der Waals surface area contributed by atoms with Crippen molar-refractivity contribution in [2.75, 3.05) is 49.2 Å². The lowest BCUT2D eigenvalue weighted by Crippen LogP contribution is -2.44. The summed E-state index contributed by atoms with van der Waals surface area (Å²) in [6.45, 7) is 5.21. The largest absolute Gasteiger partial charge is 0.396 e. The molecule has 2 aromatic carbocycles. The molecule has 0 saturated carbocycles. The minimum Gasteiger partial charge on any atom is -0.396 e. The highest BCUT2D eigenvalue weighted by molar-refractivity contribution is 5.92. The summed E-state index contributed by atoms with van der Waals surface area (Å²) in [4.78, 5) is 24.0. The first-order valence-corrected chi connectivity index (χ1v) is 11.1. The van der Waals surface area contributed by atoms with Gasteiger partial charge in [-0.3, -0.25) is 5.32 Å². The average molecular weight is 447 g/mol. The Labute approximate surface area is 192 Å². The van der Waals surface area contributed by atoms with Gasteiger partial charge in [0.15, 0.2) is 5.82 Å². The number of anilines is 3. The second-order valence-electron chi connectivity index (χ2n) is 8.67. The Morgan fingerprint density at radius 3 is 2.45 bits per heavy atom. The van der Waals surface area contributed by atoms with Crippen molar-refractivity contribution in [2.24, 2.45) is 0 Å². The average Bonchev–Trinajstić information content (AvgIpc) is 3.25. The van der Waals surface area contributed by atoms with Crippen LogP contribution < -0.4 is 16.0 Å². The topological polar surface area (TPSA) is 77.7 Å². The second kappa shape index (κ2) is 8.71. The number of likely N-dealkylation sites (N-methyl/N-ethyl adjacent to an activating group) is 1. The number of piperazine rings is 1. The van der Waals surface area contributed by atoms with E-state index in [0.29, 0.717) is 30.3 Å². The predicted octanol–water partition coefficient (Wildman–Crippen LogP) is 3.77. The normalized spacial score (nSPS) is 16.1. The number of hydrogen-bond acceptors (Lipinski definition) is 5. The Kier molecular flexibility index (Phi) is 5.60. The number of benzene rings is 2. The molecule has 0 atom stereocenters. The first kappa shape index (κ1) is 21.2. The summed E-state index contributed by atoms with van der Waals surface area (Å²) in [7, 11) is 2.15. The third-order valence-electron chi connectivity index (χ3n) is 6.36. The lowest BCUT2D eigenvalue weighted by atomic mass is 10.1. The first-order chi connectivity index (χ1) is 16.0. The molecule has 0 spiro atoms. The molecule has 2 amide bonds. The maximum atomic E-state index is 13.2. The SMILES string of the molecule is CN1CCN(c2ccc3c(c2)CN(C(=O)Nc2nc(-c4ccc(F)cc4)ccc2N)C3)CC1. The number of aromatic nitrogens is 1. The lowest BCUT2D eigenvalue weighted by molar-refractivity contribution is 0.212. The van der Waals surface area contributed by atoms with Crippen molar-refractivity contribution in [3.63, 3.8) is 0 Å². The van der Waals surface area contributed by atoms with Crippen LogP contribution in [-0.2, 0) is 13.1 Å². The number of halogens is 1. The first-order valence-electron chi connectivity index (χ1n) is 11.1. The zero-order valence-corrected chi connectivity index (χ0v) is 18.6. The van der Waals surface area contributed by atoms with E-state index in [0.717, 1.165) is 37.3 Å². The molecule has 0 unspecified atom stereocenters. The molecule has 1 saturated heterocycles. The van der Waals surface area contributed by atoms with Gasteiger partial charge in [0.1, 0.15) is 5.82 Å². The van der Waals surface area contributed by atoms with Crippen LogP contribution in [0.25, 0.3) is 11.3 Å². The van der Waals surface area contributed by atoms with E-state index in [1.54, 1.807) is 29.2 Å². The molecule has 2 aliphatic rings. The van der Waals surface area contributed by atoms with Crippen LogP contribution in [-0.4, -0.2) is 54.0 Å². The molecule has 1 aromatic heterocycles. The molecule has 0 bridgehead atoms. The van der Waals surface area contributed by atoms with Gasteiger partial charge in [-0.1, -0.05) is 6.07 Å². The van der Waals surface area contributed by atoms with E-state index in [-0.39, 0.29) is 11.8 Å². The number of nitrogen functional groups attached to an aromatic ring is 1. The van der Waals surface area contributed by atoms with Crippen LogP contribution in [0.3, 0.4) is 0 Å². The number of carbonyl (C=O) groups excluding carboxylic acids is 1. The van der Waals surface area contributed by atoms with E-state index in [2.05, 4.69) is 45.3 Å². The summed E-state index contributed by atoms with van der Waals surface area (Å²) in [5.41, 5.74) is 11.3. The number of pyridine rings is 1. The van der Waals surface area contributed by atoms with E-state index >= 15 is 0 Å². The molecule has 0 aliphatic carbocycles. The molecule has 3 aromatic rings. The van der Waals surface area contributed by atoms with Crippen LogP contribution >= 0.6 is 0 Å². The third-order valence-corrected chi connectivity index (χ3v) is 6.36. The zero-order valence-electron chi connectivity index (χ0n) is 18.6. The van der Waals surface area contributed by atoms with Crippen molar-refractivity contribution in [2.45, 2.75) is 13.1 Å². The number of carbonyl (C=O) groups is 1. The summed E-state index contributed by atoms with van der Waals surface area (Å²) >= 11 is 0. The number of amides is 2. The van der Waals surface area contributed by atoms with Gasteiger partial charge in [-0.15, -0.1) is 0 Å². The van der Waals surface area contributed by atoms with Gasteiger partial charge >= 0.3 is 6.03 Å². The van der Waals surface area contributed by atoms with Crippen LogP contribution in [0.4, 0.5) is 26.4 Å². The number of nitrogens with zero attached hydrogens (tertiary/aromatic N) is 4. The Bertz CT molecular complexity index is 1170. The maximum absolute atomic E-state index is 13.2.